The van der Waals surface area contributed by atoms with Gasteiger partial charge in [0.25, 0.3) is 0 Å². The van der Waals surface area contributed by atoms with E-state index in [9.17, 15) is 4.79 Å². The summed E-state index contributed by atoms with van der Waals surface area (Å²) in [5, 5.41) is 8.91. The summed E-state index contributed by atoms with van der Waals surface area (Å²) in [6.45, 7) is 6.05. The summed E-state index contributed by atoms with van der Waals surface area (Å²) in [6.07, 6.45) is 2.75. The molecule has 2 heterocycles. The van der Waals surface area contributed by atoms with Gasteiger partial charge in [0.1, 0.15) is 5.82 Å². The van der Waals surface area contributed by atoms with Crippen LogP contribution in [-0.4, -0.2) is 32.5 Å². The lowest BCUT2D eigenvalue weighted by atomic mass is 10.1. The minimum absolute atomic E-state index is 0.105. The first-order valence-electron chi connectivity index (χ1n) is 8.88. The van der Waals surface area contributed by atoms with E-state index in [4.69, 9.17) is 5.11 Å². The van der Waals surface area contributed by atoms with E-state index in [0.29, 0.717) is 6.42 Å². The molecular weight excluding hydrogens is 314 g/mol. The average molecular weight is 339 g/mol. The fourth-order valence-corrected chi connectivity index (χ4v) is 3.48. The normalized spacial score (nSPS) is 17.8. The van der Waals surface area contributed by atoms with Crippen LogP contribution in [0.5, 0.6) is 0 Å². The molecule has 1 saturated heterocycles. The number of benzene rings is 1. The highest BCUT2D eigenvalue weighted by atomic mass is 16.4. The summed E-state index contributed by atoms with van der Waals surface area (Å²) in [7, 11) is 0. The molecule has 1 aromatic carbocycles. The van der Waals surface area contributed by atoms with Crippen LogP contribution in [0.15, 0.2) is 30.3 Å². The first kappa shape index (κ1) is 17.5. The first-order valence-corrected chi connectivity index (χ1v) is 8.88. The summed E-state index contributed by atoms with van der Waals surface area (Å²) < 4.78 is 0. The van der Waals surface area contributed by atoms with Crippen molar-refractivity contribution in [3.8, 4) is 0 Å². The zero-order valence-corrected chi connectivity index (χ0v) is 14.9. The van der Waals surface area contributed by atoms with Gasteiger partial charge < -0.3 is 5.11 Å². The smallest absolute Gasteiger partial charge is 0.303 e. The van der Waals surface area contributed by atoms with Gasteiger partial charge in [0, 0.05) is 24.4 Å². The summed E-state index contributed by atoms with van der Waals surface area (Å²) in [4.78, 5) is 22.6. The molecule has 0 unspecified atom stereocenters. The Morgan fingerprint density at radius 3 is 2.84 bits per heavy atom. The summed E-state index contributed by atoms with van der Waals surface area (Å²) >= 11 is 0. The minimum atomic E-state index is -0.792. The van der Waals surface area contributed by atoms with E-state index in [-0.39, 0.29) is 12.5 Å². The highest BCUT2D eigenvalue weighted by Gasteiger charge is 2.29. The van der Waals surface area contributed by atoms with E-state index in [2.05, 4.69) is 46.1 Å². The van der Waals surface area contributed by atoms with Crippen molar-refractivity contribution in [2.45, 2.75) is 52.1 Å². The van der Waals surface area contributed by atoms with Gasteiger partial charge in [0.15, 0.2) is 0 Å². The Morgan fingerprint density at radius 1 is 1.28 bits per heavy atom. The van der Waals surface area contributed by atoms with Crippen molar-refractivity contribution in [1.82, 2.24) is 14.9 Å². The molecule has 1 aliphatic heterocycles. The number of aromatic nitrogens is 2. The van der Waals surface area contributed by atoms with E-state index in [1.54, 1.807) is 0 Å². The van der Waals surface area contributed by atoms with Gasteiger partial charge >= 0.3 is 5.97 Å². The highest BCUT2D eigenvalue weighted by molar-refractivity contribution is 5.66. The molecule has 0 amide bonds. The molecule has 5 nitrogen and oxygen atoms in total. The lowest BCUT2D eigenvalue weighted by Gasteiger charge is -2.24. The number of rotatable bonds is 6. The maximum atomic E-state index is 10.8. The van der Waals surface area contributed by atoms with Crippen molar-refractivity contribution in [2.24, 2.45) is 0 Å². The number of carboxylic acids is 1. The largest absolute Gasteiger partial charge is 0.481 e. The number of hydrogen-bond donors (Lipinski definition) is 1. The fraction of sp³-hybridized carbons (Fsp3) is 0.450. The van der Waals surface area contributed by atoms with Gasteiger partial charge in [-0.05, 0) is 50.4 Å². The number of aliphatic carboxylic acids is 1. The third-order valence-corrected chi connectivity index (χ3v) is 4.82. The van der Waals surface area contributed by atoms with Gasteiger partial charge in [0.05, 0.1) is 12.5 Å². The molecule has 0 aliphatic carbocycles. The van der Waals surface area contributed by atoms with Crippen molar-refractivity contribution in [3.63, 3.8) is 0 Å². The second kappa shape index (κ2) is 7.74. The topological polar surface area (TPSA) is 66.3 Å². The van der Waals surface area contributed by atoms with Crippen LogP contribution in [0.4, 0.5) is 0 Å². The number of nitrogens with zero attached hydrogens (tertiary/aromatic N) is 3. The molecule has 0 spiro atoms. The monoisotopic (exact) mass is 339 g/mol. The number of carboxylic acid groups (broad SMARTS) is 1. The Bertz CT molecular complexity index is 760. The van der Waals surface area contributed by atoms with Crippen LogP contribution in [0.25, 0.3) is 0 Å². The van der Waals surface area contributed by atoms with Gasteiger partial charge in [-0.2, -0.15) is 0 Å². The second-order valence-electron chi connectivity index (χ2n) is 6.81. The molecule has 0 bridgehead atoms. The quantitative estimate of drug-likeness (QED) is 0.873. The molecule has 132 valence electrons. The van der Waals surface area contributed by atoms with E-state index < -0.39 is 5.97 Å². The molecule has 1 atom stereocenters. The summed E-state index contributed by atoms with van der Waals surface area (Å²) in [6, 6.07) is 10.6. The van der Waals surface area contributed by atoms with E-state index in [1.165, 1.54) is 11.1 Å². The van der Waals surface area contributed by atoms with Crippen LogP contribution < -0.4 is 0 Å². The molecule has 0 radical (unpaired) electrons. The van der Waals surface area contributed by atoms with Crippen LogP contribution in [0.3, 0.4) is 0 Å². The predicted molar refractivity (Wildman–Crippen MR) is 96.3 cm³/mol. The number of hydrogen-bond acceptors (Lipinski definition) is 4. The molecule has 1 fully saturated rings. The fourth-order valence-electron chi connectivity index (χ4n) is 3.48. The molecule has 2 aromatic rings. The van der Waals surface area contributed by atoms with Crippen LogP contribution >= 0.6 is 0 Å². The van der Waals surface area contributed by atoms with E-state index in [1.807, 2.05) is 13.0 Å². The third kappa shape index (κ3) is 4.42. The Labute approximate surface area is 148 Å². The Morgan fingerprint density at radius 2 is 2.08 bits per heavy atom. The summed E-state index contributed by atoms with van der Waals surface area (Å²) in [5.41, 5.74) is 4.38. The van der Waals surface area contributed by atoms with E-state index in [0.717, 1.165) is 43.1 Å². The molecule has 3 rings (SSSR count). The van der Waals surface area contributed by atoms with Crippen LogP contribution in [0, 0.1) is 13.8 Å². The molecular formula is C20H25N3O2. The number of likely N-dealkylation sites (tertiary alicyclic amines) is 1. The first-order chi connectivity index (χ1) is 12.0. The molecule has 0 saturated carbocycles. The van der Waals surface area contributed by atoms with Crippen LogP contribution in [-0.2, 0) is 17.8 Å². The van der Waals surface area contributed by atoms with Crippen molar-refractivity contribution in [1.29, 1.82) is 0 Å². The SMILES string of the molecule is Cc1cc(CCC(=O)O)nc([C@@H]2CCCN2Cc2ccccc2C)n1. The molecule has 25 heavy (non-hydrogen) atoms. The standard InChI is InChI=1S/C20H25N3O2/c1-14-6-3-4-7-16(14)13-23-11-5-8-18(23)20-21-15(2)12-17(22-20)9-10-19(24)25/h3-4,6-7,12,18H,5,8-11,13H2,1-2H3,(H,24,25)/t18-/m0/s1. The van der Waals surface area contributed by atoms with Gasteiger partial charge in [-0.15, -0.1) is 0 Å². The highest BCUT2D eigenvalue weighted by Crippen LogP contribution is 2.32. The van der Waals surface area contributed by atoms with Crippen molar-refractivity contribution < 1.29 is 9.90 Å². The number of carbonyl (C=O) groups is 1. The van der Waals surface area contributed by atoms with Crippen molar-refractivity contribution >= 4 is 5.97 Å². The minimum Gasteiger partial charge on any atom is -0.481 e. The number of aryl methyl sites for hydroxylation is 3. The molecule has 1 aromatic heterocycles. The Hall–Kier alpha value is -2.27. The molecule has 1 N–H and O–H groups in total. The van der Waals surface area contributed by atoms with Crippen LogP contribution in [0.2, 0.25) is 0 Å². The van der Waals surface area contributed by atoms with Gasteiger partial charge in [-0.25, -0.2) is 9.97 Å². The predicted octanol–water partition coefficient (Wildman–Crippen LogP) is 3.45. The zero-order valence-electron chi connectivity index (χ0n) is 14.9. The van der Waals surface area contributed by atoms with Gasteiger partial charge in [-0.1, -0.05) is 24.3 Å². The average Bonchev–Trinajstić information content (AvgIpc) is 3.03. The maximum Gasteiger partial charge on any atom is 0.303 e. The van der Waals surface area contributed by atoms with Gasteiger partial charge in [0.2, 0.25) is 0 Å². The second-order valence-corrected chi connectivity index (χ2v) is 6.81. The molecule has 1 aliphatic rings. The third-order valence-electron chi connectivity index (χ3n) is 4.82. The van der Waals surface area contributed by atoms with Crippen molar-refractivity contribution in [3.05, 3.63) is 58.7 Å². The Balaban J connectivity index is 1.79. The lowest BCUT2D eigenvalue weighted by Crippen LogP contribution is -2.25. The molecule has 5 heteroatoms. The van der Waals surface area contributed by atoms with Gasteiger partial charge in [-0.3, -0.25) is 9.69 Å². The van der Waals surface area contributed by atoms with Crippen molar-refractivity contribution in [2.75, 3.05) is 6.54 Å². The van der Waals surface area contributed by atoms with E-state index >= 15 is 0 Å². The van der Waals surface area contributed by atoms with Crippen LogP contribution in [0.1, 0.15) is 53.6 Å². The maximum absolute atomic E-state index is 10.8. The zero-order chi connectivity index (χ0) is 17.8. The Kier molecular flexibility index (Phi) is 5.43. The lowest BCUT2D eigenvalue weighted by molar-refractivity contribution is -0.136. The summed E-state index contributed by atoms with van der Waals surface area (Å²) in [5.74, 6) is 0.0475.